The normalized spacial score (nSPS) is 0. The van der Waals surface area contributed by atoms with Crippen LogP contribution in [0.25, 0.3) is 0 Å². The van der Waals surface area contributed by atoms with Crippen LogP contribution in [-0.4, -0.2) is 27.3 Å². The summed E-state index contributed by atoms with van der Waals surface area (Å²) in [6.45, 7) is 0. The van der Waals surface area contributed by atoms with E-state index < -0.39 is 0 Å². The van der Waals surface area contributed by atoms with Crippen molar-refractivity contribution in [2.24, 2.45) is 0 Å². The van der Waals surface area contributed by atoms with Crippen molar-refractivity contribution in [1.29, 1.82) is 0 Å². The molecule has 18 valence electrons. The van der Waals surface area contributed by atoms with E-state index >= 15 is 0 Å². The summed E-state index contributed by atoms with van der Waals surface area (Å²) in [6, 6.07) is 0. The molecule has 0 fully saturated rings. The topological polar surface area (TPSA) is 0 Å². The molecule has 0 aliphatic rings. The van der Waals surface area contributed by atoms with Crippen molar-refractivity contribution in [1.82, 2.24) is 0 Å². The Morgan fingerprint density at radius 2 is 1.25 bits per heavy atom. The standard InChI is InChI=1S/ClH.K.Na.Pb.4H/h1H;;;;;;;/q;2*+1;;;;2*-1. The fraction of sp³-hybridized carbons (Fsp3) is 0. The van der Waals surface area contributed by atoms with Crippen molar-refractivity contribution in [3.63, 3.8) is 0 Å². The molecule has 4 heavy (non-hydrogen) atoms. The van der Waals surface area contributed by atoms with Gasteiger partial charge in [-0.25, -0.2) is 0 Å². The van der Waals surface area contributed by atoms with Crippen molar-refractivity contribution in [3.8, 4) is 0 Å². The summed E-state index contributed by atoms with van der Waals surface area (Å²) in [4.78, 5) is 0. The number of rotatable bonds is 0. The molecule has 0 aromatic carbocycles. The van der Waals surface area contributed by atoms with Gasteiger partial charge >= 0.3 is 108 Å². The second-order valence-corrected chi connectivity index (χ2v) is 0. The summed E-state index contributed by atoms with van der Waals surface area (Å²) in [7, 11) is 0. The zero-order valence-electron chi connectivity index (χ0n) is 5.12. The van der Waals surface area contributed by atoms with Gasteiger partial charge in [-0.2, -0.15) is 0 Å². The molecule has 0 spiro atoms. The van der Waals surface area contributed by atoms with Gasteiger partial charge in [-0.05, 0) is 0 Å². The molecule has 0 aromatic heterocycles. The Balaban J connectivity index is 0. The van der Waals surface area contributed by atoms with Crippen LogP contribution < -0.4 is 80.9 Å². The number of halogens is 1. The van der Waals surface area contributed by atoms with Gasteiger partial charge in [0.2, 0.25) is 0 Å². The molecule has 2 radical (unpaired) electrons. The van der Waals surface area contributed by atoms with Gasteiger partial charge in [-0.1, -0.05) is 0 Å². The first-order valence-electron chi connectivity index (χ1n) is 0. The Bertz CT molecular complexity index is 13.5. The van der Waals surface area contributed by atoms with Crippen LogP contribution in [0.15, 0.2) is 0 Å². The third-order valence-electron chi connectivity index (χ3n) is 0. The Morgan fingerprint density at radius 3 is 1.25 bits per heavy atom. The maximum atomic E-state index is 0. The Kier molecular flexibility index (Phi) is 98.3. The van der Waals surface area contributed by atoms with Crippen LogP contribution in [0.1, 0.15) is 2.85 Å². The molecule has 0 aliphatic heterocycles. The maximum absolute atomic E-state index is 0. The van der Waals surface area contributed by atoms with E-state index in [1.165, 1.54) is 0 Å². The Hall–Kier alpha value is 3.85. The Labute approximate surface area is 120 Å². The molecule has 0 unspecified atom stereocenters. The van der Waals surface area contributed by atoms with Crippen molar-refractivity contribution in [2.75, 3.05) is 0 Å². The van der Waals surface area contributed by atoms with E-state index in [0.29, 0.717) is 0 Å². The molecule has 0 nitrogen and oxygen atoms in total. The zero-order valence-corrected chi connectivity index (χ0v) is 14.6. The molecule has 0 bridgehead atoms. The molecule has 0 saturated heterocycles. The van der Waals surface area contributed by atoms with Gasteiger partial charge in [0.1, 0.15) is 0 Å². The van der Waals surface area contributed by atoms with Crippen LogP contribution in [0.2, 0.25) is 0 Å². The minimum atomic E-state index is 0. The number of hydrogen-bond donors (Lipinski definition) is 0. The fourth-order valence-corrected chi connectivity index (χ4v) is 0. The molecule has 0 heterocycles. The predicted octanol–water partition coefficient (Wildman–Crippen LogP) is -6.26. The predicted molar refractivity (Wildman–Crippen MR) is 18.0 cm³/mol. The SMILES string of the molecule is Cl.[H-].[H-].[K+].[Na+].[PbH2]. The average molecular weight is 310 g/mol. The third-order valence-corrected chi connectivity index (χ3v) is 0. The molecule has 0 rings (SSSR count). The van der Waals surface area contributed by atoms with Crippen LogP contribution in [-0.2, 0) is 0 Å². The molecule has 0 aromatic rings. The van der Waals surface area contributed by atoms with Gasteiger partial charge in [-0.15, -0.1) is 12.4 Å². The van der Waals surface area contributed by atoms with Crippen molar-refractivity contribution in [3.05, 3.63) is 0 Å². The van der Waals surface area contributed by atoms with Crippen LogP contribution in [0.4, 0.5) is 0 Å². The molecule has 0 aliphatic carbocycles. The van der Waals surface area contributed by atoms with E-state index in [1.54, 1.807) is 0 Å². The van der Waals surface area contributed by atoms with Crippen LogP contribution >= 0.6 is 12.4 Å². The zero-order chi connectivity index (χ0) is 0. The van der Waals surface area contributed by atoms with Gasteiger partial charge in [-0.3, -0.25) is 0 Å². The monoisotopic (exact) mass is 310 g/mol. The summed E-state index contributed by atoms with van der Waals surface area (Å²) in [6.07, 6.45) is 0. The summed E-state index contributed by atoms with van der Waals surface area (Å²) < 4.78 is 0. The van der Waals surface area contributed by atoms with E-state index in [1.807, 2.05) is 0 Å². The fourth-order valence-electron chi connectivity index (χ4n) is 0. The average Bonchev–Trinajstić information content (AvgIpc) is 0. The molecule has 0 atom stereocenters. The van der Waals surface area contributed by atoms with Crippen LogP contribution in [0, 0.1) is 0 Å². The van der Waals surface area contributed by atoms with E-state index in [2.05, 4.69) is 0 Å². The molecular weight excluding hydrogens is 305 g/mol. The third kappa shape index (κ3) is 9.28. The minimum absolute atomic E-state index is 0. The number of hydrogen-bond acceptors (Lipinski definition) is 0. The molecule has 4 heteroatoms. The summed E-state index contributed by atoms with van der Waals surface area (Å²) in [5, 5.41) is 0. The van der Waals surface area contributed by atoms with Gasteiger partial charge < -0.3 is 2.85 Å². The van der Waals surface area contributed by atoms with Gasteiger partial charge in [0.05, 0.1) is 0 Å². The van der Waals surface area contributed by atoms with E-state index in [-0.39, 0.29) is 124 Å². The summed E-state index contributed by atoms with van der Waals surface area (Å²) in [5.41, 5.74) is 0. The van der Waals surface area contributed by atoms with Crippen LogP contribution in [0.5, 0.6) is 0 Å². The molecule has 0 amide bonds. The van der Waals surface area contributed by atoms with E-state index in [0.717, 1.165) is 0 Å². The molecule has 0 saturated carbocycles. The van der Waals surface area contributed by atoms with Gasteiger partial charge in [0, 0.05) is 0 Å². The van der Waals surface area contributed by atoms with E-state index in [9.17, 15) is 0 Å². The first-order chi connectivity index (χ1) is 0. The summed E-state index contributed by atoms with van der Waals surface area (Å²) in [5.74, 6) is 0. The first-order valence-corrected chi connectivity index (χ1v) is 0. The first kappa shape index (κ1) is 24.9. The van der Waals surface area contributed by atoms with Crippen LogP contribution in [0.3, 0.4) is 0 Å². The van der Waals surface area contributed by atoms with E-state index in [4.69, 9.17) is 0 Å². The second-order valence-electron chi connectivity index (χ2n) is 0. The molecular formula is H5ClKNaPb. The van der Waals surface area contributed by atoms with Gasteiger partial charge in [0.25, 0.3) is 0 Å². The van der Waals surface area contributed by atoms with Crippen molar-refractivity contribution >= 4 is 39.7 Å². The molecule has 0 N–H and O–H groups in total. The Morgan fingerprint density at radius 1 is 1.25 bits per heavy atom. The van der Waals surface area contributed by atoms with Crippen molar-refractivity contribution < 1.29 is 83.8 Å². The summed E-state index contributed by atoms with van der Waals surface area (Å²) >= 11 is 0. The second kappa shape index (κ2) is 15.8. The van der Waals surface area contributed by atoms with Gasteiger partial charge in [0.15, 0.2) is 0 Å². The van der Waals surface area contributed by atoms with Crippen molar-refractivity contribution in [2.45, 2.75) is 0 Å². The quantitative estimate of drug-likeness (QED) is 0.391.